The summed E-state index contributed by atoms with van der Waals surface area (Å²) in [5, 5.41) is 0.322. The van der Waals surface area contributed by atoms with Crippen molar-refractivity contribution in [2.24, 2.45) is 0 Å². The van der Waals surface area contributed by atoms with Crippen molar-refractivity contribution in [2.45, 2.75) is 45.4 Å². The van der Waals surface area contributed by atoms with Crippen molar-refractivity contribution in [3.05, 3.63) is 52.7 Å². The first kappa shape index (κ1) is 21.4. The van der Waals surface area contributed by atoms with Gasteiger partial charge in [0.1, 0.15) is 10.8 Å². The number of nitrogens with zero attached hydrogens (tertiary/aromatic N) is 2. The smallest absolute Gasteiger partial charge is 0.255 e. The molecular weight excluding hydrogens is 392 g/mol. The maximum absolute atomic E-state index is 13.3. The van der Waals surface area contributed by atoms with Crippen LogP contribution >= 0.6 is 11.6 Å². The number of hydrogen-bond donors (Lipinski definition) is 0. The molecule has 0 radical (unpaired) electrons. The average Bonchev–Trinajstić information content (AvgIpc) is 3.21. The van der Waals surface area contributed by atoms with Crippen molar-refractivity contribution in [3.63, 3.8) is 0 Å². The van der Waals surface area contributed by atoms with Crippen LogP contribution in [0.25, 0.3) is 0 Å². The summed E-state index contributed by atoms with van der Waals surface area (Å²) in [5.74, 6) is 0.942. The fourth-order valence-electron chi connectivity index (χ4n) is 3.28. The van der Waals surface area contributed by atoms with Gasteiger partial charge in [-0.05, 0) is 50.5 Å². The summed E-state index contributed by atoms with van der Waals surface area (Å²) in [7, 11) is 1.63. The van der Waals surface area contributed by atoms with Gasteiger partial charge in [0, 0.05) is 25.9 Å². The molecule has 0 bridgehead atoms. The summed E-state index contributed by atoms with van der Waals surface area (Å²) in [4.78, 5) is 19.3. The van der Waals surface area contributed by atoms with Crippen molar-refractivity contribution in [1.29, 1.82) is 0 Å². The SMILES string of the molecule is COc1cccc(CN(CC2CCCO2)C(=O)c2cnc(OC(C)C)c(Cl)c2)c1. The maximum Gasteiger partial charge on any atom is 0.255 e. The lowest BCUT2D eigenvalue weighted by Gasteiger charge is -2.26. The zero-order chi connectivity index (χ0) is 20.8. The zero-order valence-electron chi connectivity index (χ0n) is 17.1. The van der Waals surface area contributed by atoms with Gasteiger partial charge in [0.2, 0.25) is 5.88 Å². The topological polar surface area (TPSA) is 60.9 Å². The van der Waals surface area contributed by atoms with Gasteiger partial charge in [-0.25, -0.2) is 4.98 Å². The molecule has 0 N–H and O–H groups in total. The predicted molar refractivity (Wildman–Crippen MR) is 112 cm³/mol. The molecule has 1 fully saturated rings. The first-order valence-electron chi connectivity index (χ1n) is 9.82. The Morgan fingerprint density at radius 3 is 2.86 bits per heavy atom. The van der Waals surface area contributed by atoms with Gasteiger partial charge in [0.25, 0.3) is 5.91 Å². The highest BCUT2D eigenvalue weighted by Crippen LogP contribution is 2.25. The summed E-state index contributed by atoms with van der Waals surface area (Å²) >= 11 is 6.29. The lowest BCUT2D eigenvalue weighted by atomic mass is 10.1. The van der Waals surface area contributed by atoms with Crippen LogP contribution < -0.4 is 9.47 Å². The van der Waals surface area contributed by atoms with Gasteiger partial charge in [-0.3, -0.25) is 4.79 Å². The summed E-state index contributed by atoms with van der Waals surface area (Å²) in [6, 6.07) is 9.32. The van der Waals surface area contributed by atoms with Gasteiger partial charge in [0.05, 0.1) is 24.9 Å². The number of halogens is 1. The first-order chi connectivity index (χ1) is 14.0. The third kappa shape index (κ3) is 5.84. The fraction of sp³-hybridized carbons (Fsp3) is 0.455. The quantitative estimate of drug-likeness (QED) is 0.637. The minimum atomic E-state index is -0.145. The van der Waals surface area contributed by atoms with Crippen molar-refractivity contribution >= 4 is 17.5 Å². The lowest BCUT2D eigenvalue weighted by molar-refractivity contribution is 0.0506. The Kier molecular flexibility index (Phi) is 7.34. The summed E-state index contributed by atoms with van der Waals surface area (Å²) in [6.45, 7) is 5.49. The second kappa shape index (κ2) is 9.94. The summed E-state index contributed by atoms with van der Waals surface area (Å²) in [5.41, 5.74) is 1.40. The lowest BCUT2D eigenvalue weighted by Crippen LogP contribution is -2.37. The number of rotatable bonds is 8. The van der Waals surface area contributed by atoms with Gasteiger partial charge < -0.3 is 19.1 Å². The molecule has 0 aliphatic carbocycles. The largest absolute Gasteiger partial charge is 0.497 e. The van der Waals surface area contributed by atoms with Crippen molar-refractivity contribution in [1.82, 2.24) is 9.88 Å². The molecule has 156 valence electrons. The monoisotopic (exact) mass is 418 g/mol. The zero-order valence-corrected chi connectivity index (χ0v) is 17.8. The van der Waals surface area contributed by atoms with E-state index in [2.05, 4.69) is 4.98 Å². The van der Waals surface area contributed by atoms with Crippen LogP contribution in [0.1, 0.15) is 42.6 Å². The molecule has 6 nitrogen and oxygen atoms in total. The number of carbonyl (C=O) groups excluding carboxylic acids is 1. The van der Waals surface area contributed by atoms with E-state index < -0.39 is 0 Å². The van der Waals surface area contributed by atoms with E-state index in [9.17, 15) is 4.79 Å². The molecule has 2 heterocycles. The molecule has 3 rings (SSSR count). The Morgan fingerprint density at radius 2 is 2.21 bits per heavy atom. The van der Waals surface area contributed by atoms with Gasteiger partial charge in [0.15, 0.2) is 0 Å². The van der Waals surface area contributed by atoms with E-state index >= 15 is 0 Å². The Bertz CT molecular complexity index is 837. The van der Waals surface area contributed by atoms with Crippen molar-refractivity contribution in [3.8, 4) is 11.6 Å². The van der Waals surface area contributed by atoms with Gasteiger partial charge in [-0.15, -0.1) is 0 Å². The van der Waals surface area contributed by atoms with Crippen LogP contribution in [0.15, 0.2) is 36.5 Å². The number of methoxy groups -OCH3 is 1. The Balaban J connectivity index is 1.82. The number of hydrogen-bond acceptors (Lipinski definition) is 5. The molecule has 1 unspecified atom stereocenters. The van der Waals surface area contributed by atoms with Crippen LogP contribution in [0.5, 0.6) is 11.6 Å². The van der Waals surface area contributed by atoms with E-state index in [1.54, 1.807) is 18.1 Å². The summed E-state index contributed by atoms with van der Waals surface area (Å²) in [6.07, 6.45) is 3.46. The highest BCUT2D eigenvalue weighted by Gasteiger charge is 2.25. The maximum atomic E-state index is 13.3. The molecule has 1 aliphatic rings. The number of benzene rings is 1. The molecule has 0 saturated carbocycles. The van der Waals surface area contributed by atoms with Crippen LogP contribution in [-0.2, 0) is 11.3 Å². The van der Waals surface area contributed by atoms with E-state index in [-0.39, 0.29) is 18.1 Å². The van der Waals surface area contributed by atoms with E-state index in [1.807, 2.05) is 38.1 Å². The molecule has 1 amide bonds. The third-order valence-electron chi connectivity index (χ3n) is 4.64. The average molecular weight is 419 g/mol. The molecule has 1 saturated heterocycles. The van der Waals surface area contributed by atoms with Crippen LogP contribution in [-0.4, -0.2) is 48.3 Å². The van der Waals surface area contributed by atoms with Crippen LogP contribution in [0, 0.1) is 0 Å². The van der Waals surface area contributed by atoms with E-state index in [1.165, 1.54) is 6.20 Å². The molecule has 1 aromatic heterocycles. The van der Waals surface area contributed by atoms with E-state index in [0.29, 0.717) is 29.6 Å². The summed E-state index contributed by atoms with van der Waals surface area (Å²) < 4.78 is 16.6. The minimum Gasteiger partial charge on any atom is -0.497 e. The first-order valence-corrected chi connectivity index (χ1v) is 10.2. The number of amides is 1. The molecule has 29 heavy (non-hydrogen) atoms. The number of aromatic nitrogens is 1. The fourth-order valence-corrected chi connectivity index (χ4v) is 3.49. The molecule has 1 aromatic carbocycles. The molecule has 2 aromatic rings. The third-order valence-corrected chi connectivity index (χ3v) is 4.92. The van der Waals surface area contributed by atoms with Crippen LogP contribution in [0.4, 0.5) is 0 Å². The Labute approximate surface area is 176 Å². The standard InChI is InChI=1S/C22H27ClN2O4/c1-15(2)29-21-20(23)11-17(12-24-21)22(26)25(14-19-8-5-9-28-19)13-16-6-4-7-18(10-16)27-3/h4,6-7,10-12,15,19H,5,8-9,13-14H2,1-3H3. The molecule has 0 spiro atoms. The number of pyridine rings is 1. The molecule has 1 atom stereocenters. The normalized spacial score (nSPS) is 16.1. The van der Waals surface area contributed by atoms with Crippen LogP contribution in [0.2, 0.25) is 5.02 Å². The molecule has 1 aliphatic heterocycles. The molecular formula is C22H27ClN2O4. The van der Waals surface area contributed by atoms with E-state index in [4.69, 9.17) is 25.8 Å². The van der Waals surface area contributed by atoms with Gasteiger partial charge >= 0.3 is 0 Å². The second-order valence-corrected chi connectivity index (χ2v) is 7.76. The number of ether oxygens (including phenoxy) is 3. The highest BCUT2D eigenvalue weighted by molar-refractivity contribution is 6.32. The minimum absolute atomic E-state index is 0.0385. The van der Waals surface area contributed by atoms with Crippen LogP contribution in [0.3, 0.4) is 0 Å². The highest BCUT2D eigenvalue weighted by atomic mass is 35.5. The Hall–Kier alpha value is -2.31. The Morgan fingerprint density at radius 1 is 1.38 bits per heavy atom. The van der Waals surface area contributed by atoms with Crippen molar-refractivity contribution < 1.29 is 19.0 Å². The molecule has 7 heteroatoms. The number of carbonyl (C=O) groups is 1. The van der Waals surface area contributed by atoms with E-state index in [0.717, 1.165) is 30.8 Å². The van der Waals surface area contributed by atoms with Gasteiger partial charge in [-0.2, -0.15) is 0 Å². The predicted octanol–water partition coefficient (Wildman–Crippen LogP) is 4.35. The van der Waals surface area contributed by atoms with Gasteiger partial charge in [-0.1, -0.05) is 23.7 Å². The van der Waals surface area contributed by atoms with Crippen molar-refractivity contribution in [2.75, 3.05) is 20.3 Å². The second-order valence-electron chi connectivity index (χ2n) is 7.35.